The number of aromatic hydroxyl groups is 1. The van der Waals surface area contributed by atoms with Crippen LogP contribution < -0.4 is 5.32 Å². The van der Waals surface area contributed by atoms with E-state index < -0.39 is 28.9 Å². The van der Waals surface area contributed by atoms with Crippen molar-refractivity contribution in [3.05, 3.63) is 82.0 Å². The lowest BCUT2D eigenvalue weighted by Crippen LogP contribution is -2.52. The monoisotopic (exact) mass is 445 g/mol. The number of phenols is 1. The number of epoxide rings is 1. The van der Waals surface area contributed by atoms with E-state index in [0.29, 0.717) is 16.8 Å². The van der Waals surface area contributed by atoms with E-state index in [4.69, 9.17) is 4.74 Å². The predicted octanol–water partition coefficient (Wildman–Crippen LogP) is 2.65. The molecule has 162 valence electrons. The molecule has 0 unspecified atom stereocenters. The van der Waals surface area contributed by atoms with Crippen LogP contribution in [0.3, 0.4) is 0 Å². The number of anilines is 1. The standard InChI is InChI=1S/C28H15NO5/c1-14-12-19(30)17-10-4-2-3-5-11-21-27(14)28(17,34-27)18-13-20(31)22-23(24(18)29-21)26(33)16-9-7-6-8-15(16)25(22)32/h2-3,6-9,12-13,17,21,29,31H,1H3/b3-2-/t17-,21+,27+,28-/m1/s1. The van der Waals surface area contributed by atoms with Crippen LogP contribution in [0.4, 0.5) is 5.69 Å². The van der Waals surface area contributed by atoms with E-state index in [9.17, 15) is 19.5 Å². The van der Waals surface area contributed by atoms with Gasteiger partial charge in [0.2, 0.25) is 0 Å². The van der Waals surface area contributed by atoms with E-state index in [-0.39, 0.29) is 39.6 Å². The number of nitrogens with one attached hydrogen (secondary N) is 1. The minimum Gasteiger partial charge on any atom is -0.507 e. The van der Waals surface area contributed by atoms with Gasteiger partial charge in [-0.1, -0.05) is 47.9 Å². The zero-order chi connectivity index (χ0) is 23.4. The van der Waals surface area contributed by atoms with Gasteiger partial charge in [0.05, 0.1) is 16.8 Å². The summed E-state index contributed by atoms with van der Waals surface area (Å²) < 4.78 is 6.47. The molecule has 2 N–H and O–H groups in total. The third kappa shape index (κ3) is 1.93. The fourth-order valence-corrected chi connectivity index (χ4v) is 6.01. The zero-order valence-corrected chi connectivity index (χ0v) is 17.9. The normalized spacial score (nSPS) is 31.6. The lowest BCUT2D eigenvalue weighted by atomic mass is 9.63. The van der Waals surface area contributed by atoms with Crippen molar-refractivity contribution in [2.45, 2.75) is 24.2 Å². The van der Waals surface area contributed by atoms with Gasteiger partial charge >= 0.3 is 0 Å². The Balaban J connectivity index is 1.58. The van der Waals surface area contributed by atoms with E-state index in [0.717, 1.165) is 0 Å². The van der Waals surface area contributed by atoms with E-state index in [2.05, 4.69) is 29.0 Å². The quantitative estimate of drug-likeness (QED) is 0.314. The molecule has 2 aromatic rings. The molecule has 7 rings (SSSR count). The summed E-state index contributed by atoms with van der Waals surface area (Å²) in [6, 6.07) is 7.37. The first kappa shape index (κ1) is 19.1. The third-order valence-corrected chi connectivity index (χ3v) is 7.45. The number of ketones is 3. The van der Waals surface area contributed by atoms with Crippen molar-refractivity contribution in [1.29, 1.82) is 0 Å². The van der Waals surface area contributed by atoms with Crippen LogP contribution in [-0.4, -0.2) is 34.1 Å². The van der Waals surface area contributed by atoms with Gasteiger partial charge < -0.3 is 15.2 Å². The summed E-state index contributed by atoms with van der Waals surface area (Å²) in [5.41, 5.74) is -0.203. The number of rotatable bonds is 0. The third-order valence-electron chi connectivity index (χ3n) is 7.45. The topological polar surface area (TPSA) is 96.0 Å². The lowest BCUT2D eigenvalue weighted by Gasteiger charge is -2.39. The second-order valence-corrected chi connectivity index (χ2v) is 9.00. The number of allylic oxidation sites excluding steroid dienone is 3. The van der Waals surface area contributed by atoms with Crippen molar-refractivity contribution in [2.75, 3.05) is 5.32 Å². The first-order valence-corrected chi connectivity index (χ1v) is 10.9. The maximum absolute atomic E-state index is 13.7. The Bertz CT molecular complexity index is 1620. The van der Waals surface area contributed by atoms with Gasteiger partial charge in [-0.25, -0.2) is 0 Å². The molecule has 5 aliphatic rings. The predicted molar refractivity (Wildman–Crippen MR) is 121 cm³/mol. The molecule has 6 nitrogen and oxygen atoms in total. The number of hydrogen-bond donors (Lipinski definition) is 2. The van der Waals surface area contributed by atoms with Crippen LogP contribution >= 0.6 is 0 Å². The highest BCUT2D eigenvalue weighted by atomic mass is 16.6. The van der Waals surface area contributed by atoms with Gasteiger partial charge in [0.15, 0.2) is 28.6 Å². The number of fused-ring (bicyclic) bond motifs is 4. The highest BCUT2D eigenvalue weighted by Gasteiger charge is 2.83. The summed E-state index contributed by atoms with van der Waals surface area (Å²) >= 11 is 0. The largest absolute Gasteiger partial charge is 0.507 e. The molecule has 2 aromatic carbocycles. The second kappa shape index (κ2) is 5.94. The summed E-state index contributed by atoms with van der Waals surface area (Å²) in [5.74, 6) is 9.79. The van der Waals surface area contributed by atoms with E-state index in [1.54, 1.807) is 42.5 Å². The first-order chi connectivity index (χ1) is 16.4. The number of hydrogen-bond acceptors (Lipinski definition) is 6. The fraction of sp³-hybridized carbons (Fsp3) is 0.179. The van der Waals surface area contributed by atoms with Crippen LogP contribution in [0.25, 0.3) is 0 Å². The SMILES string of the molecule is CC1=CC(=O)[C@H]2C#C/C=C\C#C[C@@H]3Nc4c(cc(O)c5c4C(=O)c4ccccc4C5=O)[C@]24O[C@@]134. The van der Waals surface area contributed by atoms with Crippen LogP contribution in [0.15, 0.2) is 54.1 Å². The Morgan fingerprint density at radius 2 is 1.65 bits per heavy atom. The van der Waals surface area contributed by atoms with Crippen LogP contribution in [0.5, 0.6) is 5.75 Å². The number of ether oxygens (including phenoxy) is 1. The summed E-state index contributed by atoms with van der Waals surface area (Å²) in [5, 5.41) is 14.4. The maximum atomic E-state index is 13.7. The molecule has 0 radical (unpaired) electrons. The molecule has 0 amide bonds. The van der Waals surface area contributed by atoms with Gasteiger partial charge in [-0.3, -0.25) is 14.4 Å². The number of phenolic OH excluding ortho intramolecular Hbond substituents is 1. The fourth-order valence-electron chi connectivity index (χ4n) is 6.01. The van der Waals surface area contributed by atoms with Gasteiger partial charge in [-0.05, 0) is 36.8 Å². The molecular weight excluding hydrogens is 430 g/mol. The average molecular weight is 445 g/mol. The van der Waals surface area contributed by atoms with Gasteiger partial charge in [0, 0.05) is 16.7 Å². The maximum Gasteiger partial charge on any atom is 0.198 e. The van der Waals surface area contributed by atoms with E-state index >= 15 is 0 Å². The minimum absolute atomic E-state index is 0.0600. The summed E-state index contributed by atoms with van der Waals surface area (Å²) in [4.78, 5) is 40.1. The van der Waals surface area contributed by atoms with Crippen LogP contribution in [-0.2, 0) is 15.1 Å². The molecule has 6 heteroatoms. The number of benzene rings is 2. The van der Waals surface area contributed by atoms with Crippen molar-refractivity contribution < 1.29 is 24.2 Å². The Labute approximate surface area is 194 Å². The molecule has 0 aromatic heterocycles. The Kier molecular flexibility index (Phi) is 3.34. The molecule has 2 heterocycles. The summed E-state index contributed by atoms with van der Waals surface area (Å²) in [6.07, 6.45) is 4.73. The smallest absolute Gasteiger partial charge is 0.198 e. The van der Waals surface area contributed by atoms with Gasteiger partial charge in [0.25, 0.3) is 0 Å². The van der Waals surface area contributed by atoms with Gasteiger partial charge in [0.1, 0.15) is 17.7 Å². The van der Waals surface area contributed by atoms with Crippen LogP contribution in [0.1, 0.15) is 44.3 Å². The van der Waals surface area contributed by atoms with Crippen molar-refractivity contribution >= 4 is 23.0 Å². The zero-order valence-electron chi connectivity index (χ0n) is 17.9. The van der Waals surface area contributed by atoms with Gasteiger partial charge in [-0.2, -0.15) is 0 Å². The lowest BCUT2D eigenvalue weighted by molar-refractivity contribution is -0.118. The Morgan fingerprint density at radius 3 is 2.38 bits per heavy atom. The second-order valence-electron chi connectivity index (χ2n) is 9.00. The molecule has 0 saturated carbocycles. The molecule has 1 saturated heterocycles. The number of carbonyl (C=O) groups is 3. The molecule has 2 aliphatic heterocycles. The van der Waals surface area contributed by atoms with E-state index in [1.807, 2.05) is 6.92 Å². The Hall–Kier alpha value is -4.39. The van der Waals surface area contributed by atoms with Crippen molar-refractivity contribution in [3.63, 3.8) is 0 Å². The highest BCUT2D eigenvalue weighted by Crippen LogP contribution is 2.71. The highest BCUT2D eigenvalue weighted by molar-refractivity contribution is 6.31. The molecule has 4 atom stereocenters. The molecule has 3 aliphatic carbocycles. The van der Waals surface area contributed by atoms with Gasteiger partial charge in [-0.15, -0.1) is 0 Å². The first-order valence-electron chi connectivity index (χ1n) is 10.9. The molecule has 4 bridgehead atoms. The van der Waals surface area contributed by atoms with Crippen molar-refractivity contribution in [2.24, 2.45) is 5.92 Å². The molecule has 0 spiro atoms. The molecule has 34 heavy (non-hydrogen) atoms. The van der Waals surface area contributed by atoms with Crippen LogP contribution in [0, 0.1) is 29.6 Å². The minimum atomic E-state index is -1.23. The summed E-state index contributed by atoms with van der Waals surface area (Å²) in [6.45, 7) is 1.81. The van der Waals surface area contributed by atoms with Crippen molar-refractivity contribution in [3.8, 4) is 29.4 Å². The average Bonchev–Trinajstić information content (AvgIpc) is 3.55. The Morgan fingerprint density at radius 1 is 0.971 bits per heavy atom. The summed E-state index contributed by atoms with van der Waals surface area (Å²) in [7, 11) is 0. The molecular formula is C28H15NO5. The van der Waals surface area contributed by atoms with E-state index in [1.165, 1.54) is 6.07 Å². The van der Waals surface area contributed by atoms with Crippen LogP contribution in [0.2, 0.25) is 0 Å². The number of carbonyl (C=O) groups excluding carboxylic acids is 3. The molecule has 1 fully saturated rings. The van der Waals surface area contributed by atoms with Crippen molar-refractivity contribution in [1.82, 2.24) is 0 Å².